The van der Waals surface area contributed by atoms with Gasteiger partial charge in [0.25, 0.3) is 0 Å². The molecule has 3 radical (unpaired) electrons. The molecule has 0 unspecified atom stereocenters. The van der Waals surface area contributed by atoms with Crippen molar-refractivity contribution in [1.29, 1.82) is 0 Å². The monoisotopic (exact) mass is 1580 g/mol. The van der Waals surface area contributed by atoms with E-state index in [1.54, 1.807) is 12.4 Å². The molecule has 0 fully saturated rings. The maximum absolute atomic E-state index is 4.49. The first kappa shape index (κ1) is 61.7. The fourth-order valence-electron chi connectivity index (χ4n) is 7.90. The van der Waals surface area contributed by atoms with Crippen molar-refractivity contribution in [2.75, 3.05) is 0 Å². The van der Waals surface area contributed by atoms with Crippen molar-refractivity contribution in [3.05, 3.63) is 346 Å². The molecule has 8 heteroatoms. The Morgan fingerprint density at radius 3 is 0.790 bits per heavy atom. The van der Waals surface area contributed by atoms with Crippen LogP contribution in [0.4, 0.5) is 0 Å². The second kappa shape index (κ2) is 34.5. The van der Waals surface area contributed by atoms with Gasteiger partial charge >= 0.3 is 0 Å². The number of hydrogen-bond donors (Lipinski definition) is 0. The molecule has 0 aliphatic heterocycles. The number of aromatic nitrogens is 5. The van der Waals surface area contributed by atoms with Gasteiger partial charge in [0.2, 0.25) is 0 Å². The van der Waals surface area contributed by atoms with Gasteiger partial charge in [0.1, 0.15) is 0 Å². The normalized spacial score (nSPS) is 9.68. The fraction of sp³-hybridized carbons (Fsp3) is 0. The summed E-state index contributed by atoms with van der Waals surface area (Å²) in [7, 11) is 0. The third-order valence-electron chi connectivity index (χ3n) is 11.9. The van der Waals surface area contributed by atoms with E-state index in [2.05, 4.69) is 110 Å². The molecule has 5 heterocycles. The van der Waals surface area contributed by atoms with Crippen LogP contribution in [0.2, 0.25) is 0 Å². The van der Waals surface area contributed by atoms with Crippen molar-refractivity contribution in [2.45, 2.75) is 0 Å². The molecule has 0 aliphatic carbocycles. The summed E-state index contributed by atoms with van der Waals surface area (Å²) in [4.78, 5) is 21.8. The van der Waals surface area contributed by atoms with Crippen molar-refractivity contribution in [2.24, 2.45) is 0 Å². The van der Waals surface area contributed by atoms with Crippen LogP contribution in [0.25, 0.3) is 89.7 Å². The molecule has 13 rings (SSSR count). The van der Waals surface area contributed by atoms with E-state index >= 15 is 0 Å². The maximum Gasteiger partial charge on any atom is 0.0239 e. The average Bonchev–Trinajstić information content (AvgIpc) is 3.56. The molecule has 0 aliphatic rings. The van der Waals surface area contributed by atoms with Crippen molar-refractivity contribution in [3.63, 3.8) is 0 Å². The van der Waals surface area contributed by atoms with Crippen molar-refractivity contribution < 1.29 is 60.3 Å². The molecular formula is C73H52Ir3N5-5. The largest absolute Gasteiger partial charge is 0.305 e. The Morgan fingerprint density at radius 1 is 0.198 bits per heavy atom. The predicted octanol–water partition coefficient (Wildman–Crippen LogP) is 17.7. The molecule has 81 heavy (non-hydrogen) atoms. The van der Waals surface area contributed by atoms with Crippen LogP contribution < -0.4 is 0 Å². The van der Waals surface area contributed by atoms with Crippen LogP contribution in [-0.4, -0.2) is 24.9 Å². The molecule has 0 saturated carbocycles. The fourth-order valence-corrected chi connectivity index (χ4v) is 7.90. The molecule has 0 spiro atoms. The van der Waals surface area contributed by atoms with Gasteiger partial charge in [0, 0.05) is 91.3 Å². The van der Waals surface area contributed by atoms with E-state index in [0.717, 1.165) is 67.4 Å². The molecule has 0 bridgehead atoms. The Labute approximate surface area is 517 Å². The third kappa shape index (κ3) is 19.4. The van der Waals surface area contributed by atoms with Gasteiger partial charge in [-0.25, -0.2) is 0 Å². The second-order valence-corrected chi connectivity index (χ2v) is 17.2. The first-order valence-electron chi connectivity index (χ1n) is 25.5. The minimum atomic E-state index is 0. The summed E-state index contributed by atoms with van der Waals surface area (Å²) < 4.78 is 0. The van der Waals surface area contributed by atoms with E-state index in [4.69, 9.17) is 0 Å². The van der Waals surface area contributed by atoms with Gasteiger partial charge in [-0.15, -0.1) is 179 Å². The standard InChI is InChI=1S/3C17H12N.2C11H8N.3Ir/c1-3-7-14(8-4-1)16-11-12-18-17(13-16)15-9-5-2-6-10-15;2*1-3-7-14(8-4-1)16-11-12-17(18-13-16)15-9-5-2-6-10-15;2*1-2-6-10(7-3-1)11-8-4-5-9-12-11;;;/h3*1-9,11-13H;2*1-6,8-9H;;;/q5*-1;;;. The maximum atomic E-state index is 4.49. The first-order chi connectivity index (χ1) is 38.7. The quantitative estimate of drug-likeness (QED) is 0.142. The van der Waals surface area contributed by atoms with Crippen molar-refractivity contribution in [1.82, 2.24) is 24.9 Å². The zero-order chi connectivity index (χ0) is 53.1. The molecule has 0 amide bonds. The van der Waals surface area contributed by atoms with Gasteiger partial charge in [-0.1, -0.05) is 146 Å². The van der Waals surface area contributed by atoms with Gasteiger partial charge in [0.05, 0.1) is 0 Å². The smallest absolute Gasteiger partial charge is 0.0239 e. The first-order valence-corrected chi connectivity index (χ1v) is 25.5. The summed E-state index contributed by atoms with van der Waals surface area (Å²) in [6.45, 7) is 0. The summed E-state index contributed by atoms with van der Waals surface area (Å²) >= 11 is 0. The summed E-state index contributed by atoms with van der Waals surface area (Å²) in [5.74, 6) is 0. The molecule has 13 aromatic rings. The van der Waals surface area contributed by atoms with Crippen molar-refractivity contribution >= 4 is 0 Å². The van der Waals surface area contributed by atoms with E-state index < -0.39 is 0 Å². The van der Waals surface area contributed by atoms with Gasteiger partial charge < -0.3 is 24.9 Å². The van der Waals surface area contributed by atoms with Crippen LogP contribution in [0.5, 0.6) is 0 Å². The van der Waals surface area contributed by atoms with Gasteiger partial charge in [-0.3, -0.25) is 0 Å². The van der Waals surface area contributed by atoms with Crippen LogP contribution in [0, 0.1) is 30.3 Å². The molecular weight excluding hydrogens is 1520 g/mol. The Hall–Kier alpha value is -8.54. The van der Waals surface area contributed by atoms with Crippen LogP contribution in [0.3, 0.4) is 0 Å². The Kier molecular flexibility index (Phi) is 26.2. The summed E-state index contributed by atoms with van der Waals surface area (Å²) in [6, 6.07) is 110. The number of benzene rings is 8. The van der Waals surface area contributed by atoms with Crippen LogP contribution in [-0.2, 0) is 60.3 Å². The molecule has 5 nitrogen and oxygen atoms in total. The molecule has 0 N–H and O–H groups in total. The van der Waals surface area contributed by atoms with E-state index in [0.29, 0.717) is 0 Å². The zero-order valence-corrected chi connectivity index (χ0v) is 50.9. The van der Waals surface area contributed by atoms with E-state index in [9.17, 15) is 0 Å². The molecule has 5 aromatic heterocycles. The number of nitrogens with zero attached hydrogens (tertiary/aromatic N) is 5. The van der Waals surface area contributed by atoms with Crippen LogP contribution in [0.1, 0.15) is 0 Å². The molecule has 8 aromatic carbocycles. The third-order valence-corrected chi connectivity index (χ3v) is 11.9. The average molecular weight is 1580 g/mol. The van der Waals surface area contributed by atoms with Gasteiger partial charge in [0.15, 0.2) is 0 Å². The SMILES string of the molecule is [Ir].[Ir].[Ir].[c-]1ccccc1-c1cc(-c2ccccc2)ccn1.[c-]1ccccc1-c1ccc(-c2ccccc2)cn1.[c-]1ccccc1-c1ccc(-c2ccccc2)cn1.[c-]1ccccc1-c1ccccn1.[c-]1ccccc1-c1ccccn1. The topological polar surface area (TPSA) is 64.5 Å². The van der Waals surface area contributed by atoms with E-state index in [1.165, 1.54) is 22.3 Å². The Morgan fingerprint density at radius 2 is 0.494 bits per heavy atom. The van der Waals surface area contributed by atoms with Gasteiger partial charge in [-0.2, -0.15) is 0 Å². The van der Waals surface area contributed by atoms with Crippen LogP contribution >= 0.6 is 0 Å². The second-order valence-electron chi connectivity index (χ2n) is 17.2. The minimum Gasteiger partial charge on any atom is -0.305 e. The minimum absolute atomic E-state index is 0. The van der Waals surface area contributed by atoms with Crippen LogP contribution in [0.15, 0.2) is 316 Å². The van der Waals surface area contributed by atoms with Crippen molar-refractivity contribution in [3.8, 4) is 89.7 Å². The molecule has 401 valence electrons. The zero-order valence-electron chi connectivity index (χ0n) is 43.8. The summed E-state index contributed by atoms with van der Waals surface area (Å²) in [5, 5.41) is 0. The molecule has 0 saturated heterocycles. The van der Waals surface area contributed by atoms with E-state index in [-0.39, 0.29) is 60.3 Å². The van der Waals surface area contributed by atoms with Gasteiger partial charge in [-0.05, 0) is 80.0 Å². The van der Waals surface area contributed by atoms with E-state index in [1.807, 2.05) is 249 Å². The number of pyridine rings is 5. The number of rotatable bonds is 8. The summed E-state index contributed by atoms with van der Waals surface area (Å²) in [5.41, 5.74) is 17.0. The predicted molar refractivity (Wildman–Crippen MR) is 319 cm³/mol. The molecule has 0 atom stereocenters. The number of hydrogen-bond acceptors (Lipinski definition) is 5. The Bertz CT molecular complexity index is 3270. The summed E-state index contributed by atoms with van der Waals surface area (Å²) in [6.07, 6.45) is 9.24. The Balaban J connectivity index is 0.000000163.